The van der Waals surface area contributed by atoms with Crippen LogP contribution in [0.1, 0.15) is 58.1 Å². The lowest BCUT2D eigenvalue weighted by molar-refractivity contribution is 0.0234. The Hall–Kier alpha value is -1.49. The van der Waals surface area contributed by atoms with Crippen molar-refractivity contribution in [3.8, 4) is 0 Å². The molecule has 5 heteroatoms. The molecule has 1 atom stereocenters. The molecule has 1 fully saturated rings. The van der Waals surface area contributed by atoms with Crippen molar-refractivity contribution in [2.75, 3.05) is 13.1 Å². The van der Waals surface area contributed by atoms with Crippen LogP contribution in [-0.4, -0.2) is 35.7 Å². The Bertz CT molecular complexity index is 500. The van der Waals surface area contributed by atoms with E-state index < -0.39 is 5.60 Å². The van der Waals surface area contributed by atoms with Crippen LogP contribution in [0.25, 0.3) is 0 Å². The SMILES string of the molecule is Cc1ccc(C(C)NCCN(C(=O)OC(C)(C)C)C2CC2)o1. The number of carbonyl (C=O) groups excluding carboxylic acids is 1. The Morgan fingerprint density at radius 3 is 2.64 bits per heavy atom. The number of nitrogens with one attached hydrogen (secondary N) is 1. The summed E-state index contributed by atoms with van der Waals surface area (Å²) in [6, 6.07) is 4.43. The first-order valence-electron chi connectivity index (χ1n) is 8.05. The Kier molecular flexibility index (Phi) is 5.16. The Labute approximate surface area is 133 Å². The van der Waals surface area contributed by atoms with E-state index in [0.717, 1.165) is 30.9 Å². The van der Waals surface area contributed by atoms with Crippen LogP contribution in [0.2, 0.25) is 0 Å². The Morgan fingerprint density at radius 1 is 1.45 bits per heavy atom. The average molecular weight is 308 g/mol. The number of furan rings is 1. The maximum Gasteiger partial charge on any atom is 0.410 e. The number of hydrogen-bond acceptors (Lipinski definition) is 4. The smallest absolute Gasteiger partial charge is 0.410 e. The molecule has 1 N–H and O–H groups in total. The summed E-state index contributed by atoms with van der Waals surface area (Å²) in [7, 11) is 0. The second-order valence-electron chi connectivity index (χ2n) is 7.03. The van der Waals surface area contributed by atoms with Gasteiger partial charge in [-0.1, -0.05) is 0 Å². The van der Waals surface area contributed by atoms with Crippen LogP contribution in [0, 0.1) is 6.92 Å². The van der Waals surface area contributed by atoms with Crippen LogP contribution in [0.4, 0.5) is 4.79 Å². The predicted octanol–water partition coefficient (Wildman–Crippen LogP) is 3.64. The maximum absolute atomic E-state index is 12.2. The number of amides is 1. The van der Waals surface area contributed by atoms with Crippen molar-refractivity contribution in [3.05, 3.63) is 23.7 Å². The van der Waals surface area contributed by atoms with Gasteiger partial charge in [-0.3, -0.25) is 0 Å². The molecule has 0 spiro atoms. The molecule has 0 aromatic carbocycles. The summed E-state index contributed by atoms with van der Waals surface area (Å²) in [4.78, 5) is 14.1. The van der Waals surface area contributed by atoms with Gasteiger partial charge in [-0.2, -0.15) is 0 Å². The monoisotopic (exact) mass is 308 g/mol. The summed E-state index contributed by atoms with van der Waals surface area (Å²) in [5.41, 5.74) is -0.448. The molecule has 1 heterocycles. The van der Waals surface area contributed by atoms with Crippen molar-refractivity contribution in [3.63, 3.8) is 0 Å². The summed E-state index contributed by atoms with van der Waals surface area (Å²) in [6.45, 7) is 11.1. The Balaban J connectivity index is 1.81. The minimum absolute atomic E-state index is 0.133. The van der Waals surface area contributed by atoms with E-state index in [9.17, 15) is 4.79 Å². The van der Waals surface area contributed by atoms with Gasteiger partial charge in [0.05, 0.1) is 6.04 Å². The number of rotatable bonds is 6. The van der Waals surface area contributed by atoms with Crippen LogP contribution in [0.15, 0.2) is 16.5 Å². The summed E-state index contributed by atoms with van der Waals surface area (Å²) < 4.78 is 11.1. The van der Waals surface area contributed by atoms with Gasteiger partial charge in [0.2, 0.25) is 0 Å². The quantitative estimate of drug-likeness (QED) is 0.871. The molecule has 5 nitrogen and oxygen atoms in total. The van der Waals surface area contributed by atoms with E-state index in [1.165, 1.54) is 0 Å². The highest BCUT2D eigenvalue weighted by Crippen LogP contribution is 2.28. The lowest BCUT2D eigenvalue weighted by Crippen LogP contribution is -2.42. The molecule has 1 aromatic rings. The lowest BCUT2D eigenvalue weighted by atomic mass is 10.2. The second-order valence-corrected chi connectivity index (χ2v) is 7.03. The third kappa shape index (κ3) is 5.05. The maximum atomic E-state index is 12.2. The molecule has 0 aliphatic heterocycles. The van der Waals surface area contributed by atoms with E-state index in [1.807, 2.05) is 44.7 Å². The van der Waals surface area contributed by atoms with Crippen LogP contribution in [0.3, 0.4) is 0 Å². The van der Waals surface area contributed by atoms with Crippen LogP contribution in [-0.2, 0) is 4.74 Å². The van der Waals surface area contributed by atoms with Gasteiger partial charge in [0, 0.05) is 19.1 Å². The summed E-state index contributed by atoms with van der Waals surface area (Å²) in [6.07, 6.45) is 1.94. The van der Waals surface area contributed by atoms with E-state index in [2.05, 4.69) is 12.2 Å². The predicted molar refractivity (Wildman–Crippen MR) is 85.8 cm³/mol. The standard InChI is InChI=1S/C17H28N2O3/c1-12-6-9-15(21-12)13(2)18-10-11-19(14-7-8-14)16(20)22-17(3,4)5/h6,9,13-14,18H,7-8,10-11H2,1-5H3. The molecule has 1 aromatic heterocycles. The molecular formula is C17H28N2O3. The van der Waals surface area contributed by atoms with Gasteiger partial charge in [0.1, 0.15) is 17.1 Å². The minimum Gasteiger partial charge on any atom is -0.465 e. The van der Waals surface area contributed by atoms with Gasteiger partial charge >= 0.3 is 6.09 Å². The molecule has 0 saturated heterocycles. The summed E-state index contributed by atoms with van der Waals surface area (Å²) >= 11 is 0. The Morgan fingerprint density at radius 2 is 2.14 bits per heavy atom. The number of nitrogens with zero attached hydrogens (tertiary/aromatic N) is 1. The van der Waals surface area contributed by atoms with Gasteiger partial charge in [-0.25, -0.2) is 4.79 Å². The van der Waals surface area contributed by atoms with Gasteiger partial charge in [-0.05, 0) is 59.6 Å². The summed E-state index contributed by atoms with van der Waals surface area (Å²) in [5, 5.41) is 3.40. The van der Waals surface area contributed by atoms with E-state index in [1.54, 1.807) is 0 Å². The highest BCUT2D eigenvalue weighted by Gasteiger charge is 2.34. The highest BCUT2D eigenvalue weighted by molar-refractivity contribution is 5.69. The molecule has 22 heavy (non-hydrogen) atoms. The van der Waals surface area contributed by atoms with E-state index in [0.29, 0.717) is 12.6 Å². The molecule has 0 radical (unpaired) electrons. The van der Waals surface area contributed by atoms with E-state index >= 15 is 0 Å². The number of hydrogen-bond donors (Lipinski definition) is 1. The average Bonchev–Trinajstić information content (AvgIpc) is 3.13. The molecule has 1 aliphatic carbocycles. The summed E-state index contributed by atoms with van der Waals surface area (Å²) in [5.74, 6) is 1.84. The van der Waals surface area contributed by atoms with E-state index in [4.69, 9.17) is 9.15 Å². The van der Waals surface area contributed by atoms with Crippen molar-refractivity contribution in [1.82, 2.24) is 10.2 Å². The third-order valence-corrected chi connectivity index (χ3v) is 3.61. The van der Waals surface area contributed by atoms with Crippen LogP contribution in [0.5, 0.6) is 0 Å². The van der Waals surface area contributed by atoms with Gasteiger partial charge in [0.25, 0.3) is 0 Å². The molecule has 1 aliphatic rings. The van der Waals surface area contributed by atoms with Gasteiger partial charge in [0.15, 0.2) is 0 Å². The van der Waals surface area contributed by atoms with Crippen molar-refractivity contribution in [2.24, 2.45) is 0 Å². The van der Waals surface area contributed by atoms with Crippen LogP contribution < -0.4 is 5.32 Å². The molecule has 1 unspecified atom stereocenters. The van der Waals surface area contributed by atoms with Crippen molar-refractivity contribution < 1.29 is 13.9 Å². The van der Waals surface area contributed by atoms with Crippen molar-refractivity contribution >= 4 is 6.09 Å². The molecule has 1 amide bonds. The van der Waals surface area contributed by atoms with Gasteiger partial charge < -0.3 is 19.4 Å². The zero-order chi connectivity index (χ0) is 16.3. The molecule has 0 bridgehead atoms. The minimum atomic E-state index is -0.448. The molecule has 124 valence electrons. The highest BCUT2D eigenvalue weighted by atomic mass is 16.6. The van der Waals surface area contributed by atoms with Crippen molar-refractivity contribution in [2.45, 2.75) is 65.1 Å². The molecule has 1 saturated carbocycles. The van der Waals surface area contributed by atoms with Crippen molar-refractivity contribution in [1.29, 1.82) is 0 Å². The molecular weight excluding hydrogens is 280 g/mol. The number of carbonyl (C=O) groups is 1. The first-order chi connectivity index (χ1) is 10.3. The largest absolute Gasteiger partial charge is 0.465 e. The van der Waals surface area contributed by atoms with Crippen LogP contribution >= 0.6 is 0 Å². The first kappa shape index (κ1) is 16.9. The fourth-order valence-electron chi connectivity index (χ4n) is 2.32. The molecule has 2 rings (SSSR count). The first-order valence-corrected chi connectivity index (χ1v) is 8.05. The van der Waals surface area contributed by atoms with Gasteiger partial charge in [-0.15, -0.1) is 0 Å². The lowest BCUT2D eigenvalue weighted by Gasteiger charge is -2.27. The fourth-order valence-corrected chi connectivity index (χ4v) is 2.32. The zero-order valence-electron chi connectivity index (χ0n) is 14.3. The second kappa shape index (κ2) is 6.73. The zero-order valence-corrected chi connectivity index (χ0v) is 14.3. The number of aryl methyl sites for hydroxylation is 1. The normalized spacial score (nSPS) is 16.4. The third-order valence-electron chi connectivity index (χ3n) is 3.61. The fraction of sp³-hybridized carbons (Fsp3) is 0.706. The van der Waals surface area contributed by atoms with E-state index in [-0.39, 0.29) is 12.1 Å². The number of ether oxygens (including phenoxy) is 1. The topological polar surface area (TPSA) is 54.7 Å².